The first-order valence-corrected chi connectivity index (χ1v) is 12.4. The number of carboxylic acid groups (broad SMARTS) is 2. The number of carbonyl (C=O) groups excluding carboxylic acids is 4. The summed E-state index contributed by atoms with van der Waals surface area (Å²) in [6, 6.07) is -0.791. The number of Topliss-reactive ketones (excluding diaryl/α,β-unsaturated/α-hetero) is 1. The van der Waals surface area contributed by atoms with E-state index >= 15 is 0 Å². The largest absolute Gasteiger partial charge is 0.481 e. The van der Waals surface area contributed by atoms with Gasteiger partial charge in [0.15, 0.2) is 0 Å². The number of rotatable bonds is 10. The highest BCUT2D eigenvalue weighted by molar-refractivity contribution is 5.94. The second-order valence-corrected chi connectivity index (χ2v) is 10.1. The van der Waals surface area contributed by atoms with Crippen LogP contribution in [0.1, 0.15) is 63.6 Å². The molecule has 0 aromatic carbocycles. The highest BCUT2D eigenvalue weighted by atomic mass is 16.4. The standard InChI is InChI=1S/C25H34N4O8/c1-12(2)21(26-13(3)30)24(35)27-16-5-4-14-8-9-29-11-15(10-18(31)20(16)22(14)29)23(34)28-17(25(36)37)6-7-19(32)33/h8-9,12,15-17,20-21H,4-7,10-11H2,1-3H3,(H,26,30)(H,27,35)(H,28,34)(H,32,33)(H,36,37)/t15-,16-,17?,20?,21?/m0/s1. The van der Waals surface area contributed by atoms with Crippen LogP contribution in [0.2, 0.25) is 0 Å². The molecule has 5 N–H and O–H groups in total. The number of nitrogens with zero attached hydrogens (tertiary/aromatic N) is 1. The zero-order valence-electron chi connectivity index (χ0n) is 21.2. The third-order valence-electron chi connectivity index (χ3n) is 7.00. The van der Waals surface area contributed by atoms with E-state index in [1.165, 1.54) is 6.92 Å². The van der Waals surface area contributed by atoms with Crippen molar-refractivity contribution in [3.63, 3.8) is 0 Å². The van der Waals surface area contributed by atoms with Crippen LogP contribution < -0.4 is 16.0 Å². The lowest BCUT2D eigenvalue weighted by Gasteiger charge is -2.33. The third kappa shape index (κ3) is 6.55. The van der Waals surface area contributed by atoms with Gasteiger partial charge >= 0.3 is 11.9 Å². The fourth-order valence-electron chi connectivity index (χ4n) is 5.17. The van der Waals surface area contributed by atoms with Crippen LogP contribution in [-0.4, -0.2) is 68.3 Å². The highest BCUT2D eigenvalue weighted by Gasteiger charge is 2.43. The SMILES string of the molecule is CC(=O)NC(C(=O)N[C@H]1CCc2ccn3c2C1C(=O)C[C@H](C(=O)NC(CCC(=O)O)C(=O)O)C3)C(C)C. The minimum atomic E-state index is -1.39. The molecule has 37 heavy (non-hydrogen) atoms. The number of ketones is 1. The average molecular weight is 519 g/mol. The average Bonchev–Trinajstić information content (AvgIpc) is 3.13. The van der Waals surface area contributed by atoms with Crippen molar-refractivity contribution in [3.05, 3.63) is 23.5 Å². The van der Waals surface area contributed by atoms with Gasteiger partial charge in [-0.3, -0.25) is 24.0 Å². The smallest absolute Gasteiger partial charge is 0.326 e. The van der Waals surface area contributed by atoms with E-state index in [-0.39, 0.29) is 42.9 Å². The molecule has 12 nitrogen and oxygen atoms in total. The molecule has 202 valence electrons. The maximum atomic E-state index is 13.5. The van der Waals surface area contributed by atoms with E-state index in [1.54, 1.807) is 6.20 Å². The Bertz CT molecular complexity index is 1090. The van der Waals surface area contributed by atoms with E-state index in [0.717, 1.165) is 11.3 Å². The van der Waals surface area contributed by atoms with Crippen LogP contribution in [0.25, 0.3) is 0 Å². The maximum Gasteiger partial charge on any atom is 0.326 e. The Labute approximate surface area is 214 Å². The molecule has 0 saturated heterocycles. The molecule has 2 heterocycles. The summed E-state index contributed by atoms with van der Waals surface area (Å²) in [6.45, 7) is 5.10. The number of hydrogen-bond acceptors (Lipinski definition) is 6. The second-order valence-electron chi connectivity index (χ2n) is 10.1. The predicted molar refractivity (Wildman–Crippen MR) is 129 cm³/mol. The van der Waals surface area contributed by atoms with Gasteiger partial charge in [0, 0.05) is 44.2 Å². The van der Waals surface area contributed by atoms with E-state index in [9.17, 15) is 33.9 Å². The molecule has 1 aliphatic carbocycles. The fourth-order valence-corrected chi connectivity index (χ4v) is 5.17. The third-order valence-corrected chi connectivity index (χ3v) is 7.00. The Balaban J connectivity index is 1.80. The molecule has 1 aromatic heterocycles. The summed E-state index contributed by atoms with van der Waals surface area (Å²) in [5, 5.41) is 26.3. The fraction of sp³-hybridized carbons (Fsp3) is 0.600. The van der Waals surface area contributed by atoms with Gasteiger partial charge in [-0.05, 0) is 36.8 Å². The molecule has 5 atom stereocenters. The Morgan fingerprint density at radius 1 is 1.14 bits per heavy atom. The van der Waals surface area contributed by atoms with Gasteiger partial charge in [0.25, 0.3) is 0 Å². The van der Waals surface area contributed by atoms with E-state index in [4.69, 9.17) is 5.11 Å². The maximum absolute atomic E-state index is 13.5. The van der Waals surface area contributed by atoms with Crippen LogP contribution in [0.3, 0.4) is 0 Å². The molecule has 0 radical (unpaired) electrons. The van der Waals surface area contributed by atoms with Crippen molar-refractivity contribution in [1.29, 1.82) is 0 Å². The molecule has 0 spiro atoms. The van der Waals surface area contributed by atoms with E-state index in [0.29, 0.717) is 12.8 Å². The van der Waals surface area contributed by atoms with Crippen molar-refractivity contribution >= 4 is 35.4 Å². The number of nitrogens with one attached hydrogen (secondary N) is 3. The van der Waals surface area contributed by atoms with Crippen LogP contribution in [0.4, 0.5) is 0 Å². The van der Waals surface area contributed by atoms with Crippen molar-refractivity contribution in [1.82, 2.24) is 20.5 Å². The van der Waals surface area contributed by atoms with Gasteiger partial charge in [0.05, 0.1) is 11.8 Å². The summed E-state index contributed by atoms with van der Waals surface area (Å²) >= 11 is 0. The molecule has 12 heteroatoms. The molecule has 3 unspecified atom stereocenters. The molecule has 0 saturated carbocycles. The minimum Gasteiger partial charge on any atom is -0.481 e. The topological polar surface area (TPSA) is 184 Å². The normalized spacial score (nSPS) is 22.3. The van der Waals surface area contributed by atoms with Crippen LogP contribution in [0.5, 0.6) is 0 Å². The van der Waals surface area contributed by atoms with Gasteiger partial charge in [-0.1, -0.05) is 13.8 Å². The summed E-state index contributed by atoms with van der Waals surface area (Å²) in [5.74, 6) is -5.86. The van der Waals surface area contributed by atoms with Crippen molar-refractivity contribution in [2.45, 2.75) is 83.5 Å². The Morgan fingerprint density at radius 2 is 1.84 bits per heavy atom. The molecule has 3 rings (SSSR count). The lowest BCUT2D eigenvalue weighted by atomic mass is 9.79. The highest BCUT2D eigenvalue weighted by Crippen LogP contribution is 2.38. The quantitative estimate of drug-likeness (QED) is 0.291. The monoisotopic (exact) mass is 518 g/mol. The molecule has 0 bridgehead atoms. The van der Waals surface area contributed by atoms with Gasteiger partial charge < -0.3 is 30.7 Å². The number of carboxylic acids is 2. The number of hydrogen-bond donors (Lipinski definition) is 5. The van der Waals surface area contributed by atoms with Crippen molar-refractivity contribution < 1.29 is 39.0 Å². The molecule has 1 aliphatic heterocycles. The number of aromatic nitrogens is 1. The van der Waals surface area contributed by atoms with Gasteiger partial charge in [0.1, 0.15) is 17.9 Å². The van der Waals surface area contributed by atoms with E-state index in [2.05, 4.69) is 16.0 Å². The molecule has 2 aliphatic rings. The van der Waals surface area contributed by atoms with Crippen LogP contribution in [-0.2, 0) is 41.7 Å². The molecule has 3 amide bonds. The molecular formula is C25H34N4O8. The summed E-state index contributed by atoms with van der Waals surface area (Å²) in [4.78, 5) is 73.6. The minimum absolute atomic E-state index is 0.149. The van der Waals surface area contributed by atoms with Gasteiger partial charge in [-0.25, -0.2) is 4.79 Å². The van der Waals surface area contributed by atoms with Crippen molar-refractivity contribution in [3.8, 4) is 0 Å². The summed E-state index contributed by atoms with van der Waals surface area (Å²) in [6.07, 6.45) is 2.06. The number of amides is 3. The van der Waals surface area contributed by atoms with Gasteiger partial charge in [-0.2, -0.15) is 0 Å². The van der Waals surface area contributed by atoms with Crippen molar-refractivity contribution in [2.75, 3.05) is 0 Å². The predicted octanol–water partition coefficient (Wildman–Crippen LogP) is 0.187. The van der Waals surface area contributed by atoms with Gasteiger partial charge in [0.2, 0.25) is 17.7 Å². The first-order chi connectivity index (χ1) is 17.4. The van der Waals surface area contributed by atoms with Crippen molar-refractivity contribution in [2.24, 2.45) is 11.8 Å². The lowest BCUT2D eigenvalue weighted by molar-refractivity contribution is -0.143. The first-order valence-electron chi connectivity index (χ1n) is 12.4. The Hall–Kier alpha value is -3.70. The molecule has 1 aromatic rings. The van der Waals surface area contributed by atoms with Crippen LogP contribution >= 0.6 is 0 Å². The summed E-state index contributed by atoms with van der Waals surface area (Å²) in [7, 11) is 0. The molecular weight excluding hydrogens is 484 g/mol. The second kappa shape index (κ2) is 11.6. The molecule has 0 fully saturated rings. The zero-order valence-corrected chi connectivity index (χ0v) is 21.2. The van der Waals surface area contributed by atoms with E-state index in [1.807, 2.05) is 24.5 Å². The number of carbonyl (C=O) groups is 6. The van der Waals surface area contributed by atoms with Crippen LogP contribution in [0, 0.1) is 11.8 Å². The van der Waals surface area contributed by atoms with Crippen LogP contribution in [0.15, 0.2) is 12.3 Å². The summed E-state index contributed by atoms with van der Waals surface area (Å²) < 4.78 is 1.81. The Kier molecular flexibility index (Phi) is 8.72. The lowest BCUT2D eigenvalue weighted by Crippen LogP contribution is -2.54. The summed E-state index contributed by atoms with van der Waals surface area (Å²) in [5.41, 5.74) is 1.69. The first kappa shape index (κ1) is 27.9. The zero-order chi connectivity index (χ0) is 27.4. The number of aliphatic carboxylic acids is 2. The van der Waals surface area contributed by atoms with Gasteiger partial charge in [-0.15, -0.1) is 0 Å². The Morgan fingerprint density at radius 3 is 2.43 bits per heavy atom. The van der Waals surface area contributed by atoms with E-state index < -0.39 is 54.2 Å². The number of aryl methyl sites for hydroxylation is 1.